The third kappa shape index (κ3) is 3.44. The van der Waals surface area contributed by atoms with Crippen molar-refractivity contribution in [3.05, 3.63) is 117 Å². The Labute approximate surface area is 195 Å². The van der Waals surface area contributed by atoms with Crippen molar-refractivity contribution in [3.63, 3.8) is 0 Å². The number of aromatic nitrogens is 4. The summed E-state index contributed by atoms with van der Waals surface area (Å²) in [6.07, 6.45) is 3.32. The van der Waals surface area contributed by atoms with Crippen LogP contribution in [0.5, 0.6) is 5.75 Å². The molecule has 0 saturated heterocycles. The van der Waals surface area contributed by atoms with E-state index in [1.807, 2.05) is 36.4 Å². The van der Waals surface area contributed by atoms with Crippen LogP contribution in [0.3, 0.4) is 0 Å². The molecule has 168 valence electrons. The highest BCUT2D eigenvalue weighted by Crippen LogP contribution is 2.21. The highest BCUT2D eigenvalue weighted by atomic mass is 16.3. The lowest BCUT2D eigenvalue weighted by molar-refractivity contribution is 0.474. The summed E-state index contributed by atoms with van der Waals surface area (Å²) in [5.74, 6) is 0.397. The average molecular weight is 450 g/mol. The fourth-order valence-electron chi connectivity index (χ4n) is 4.08. The number of nitrogens with zero attached hydrogens (tertiary/aromatic N) is 4. The summed E-state index contributed by atoms with van der Waals surface area (Å²) in [6.45, 7) is 1.80. The summed E-state index contributed by atoms with van der Waals surface area (Å²) in [5.41, 5.74) is 1.96. The fraction of sp³-hybridized carbons (Fsp3) is 0.0741. The molecule has 0 unspecified atom stereocenters. The van der Waals surface area contributed by atoms with E-state index in [9.17, 15) is 14.7 Å². The van der Waals surface area contributed by atoms with Gasteiger partial charge in [-0.25, -0.2) is 9.67 Å². The van der Waals surface area contributed by atoms with Crippen molar-refractivity contribution in [2.45, 2.75) is 6.92 Å². The minimum absolute atomic E-state index is 0.107. The van der Waals surface area contributed by atoms with Crippen LogP contribution in [0.1, 0.15) is 17.1 Å². The Morgan fingerprint density at radius 3 is 2.26 bits per heavy atom. The van der Waals surface area contributed by atoms with E-state index in [1.54, 1.807) is 73.3 Å². The van der Waals surface area contributed by atoms with Gasteiger partial charge in [0.1, 0.15) is 17.3 Å². The van der Waals surface area contributed by atoms with Crippen molar-refractivity contribution >= 4 is 23.1 Å². The summed E-state index contributed by atoms with van der Waals surface area (Å²) in [4.78, 5) is 32.0. The van der Waals surface area contributed by atoms with Gasteiger partial charge in [-0.3, -0.25) is 18.8 Å². The minimum atomic E-state index is -0.339. The first-order valence-corrected chi connectivity index (χ1v) is 10.8. The van der Waals surface area contributed by atoms with Crippen LogP contribution in [-0.4, -0.2) is 24.0 Å². The van der Waals surface area contributed by atoms with E-state index in [0.29, 0.717) is 27.8 Å². The molecule has 0 aliphatic heterocycles. The number of hydrogen-bond donors (Lipinski definition) is 1. The average Bonchev–Trinajstić information content (AvgIpc) is 3.07. The number of fused-ring (bicyclic) bond motifs is 1. The number of aromatic hydroxyl groups is 1. The van der Waals surface area contributed by atoms with Gasteiger partial charge in [0.2, 0.25) is 0 Å². The number of hydrogen-bond acceptors (Lipinski definition) is 4. The first kappa shape index (κ1) is 21.2. The first-order valence-electron chi connectivity index (χ1n) is 10.8. The summed E-state index contributed by atoms with van der Waals surface area (Å²) >= 11 is 0. The SMILES string of the molecule is Cc1c(-n2c(/C=C/c3ccccc3O)nc3ccccc3c2=O)c(=O)n(-c2ccccc2)n1C. The number of benzene rings is 3. The zero-order valence-electron chi connectivity index (χ0n) is 18.7. The van der Waals surface area contributed by atoms with Gasteiger partial charge in [0.05, 0.1) is 22.3 Å². The van der Waals surface area contributed by atoms with Crippen LogP contribution in [0.25, 0.3) is 34.4 Å². The Bertz CT molecular complexity index is 1670. The van der Waals surface area contributed by atoms with Crippen LogP contribution in [0, 0.1) is 6.92 Å². The zero-order chi connectivity index (χ0) is 23.8. The second kappa shape index (κ2) is 8.37. The maximum atomic E-state index is 13.7. The van der Waals surface area contributed by atoms with Crippen molar-refractivity contribution in [1.29, 1.82) is 0 Å². The summed E-state index contributed by atoms with van der Waals surface area (Å²) in [6, 6.07) is 23.2. The molecule has 3 aromatic carbocycles. The second-order valence-corrected chi connectivity index (χ2v) is 7.93. The molecule has 0 radical (unpaired) electrons. The zero-order valence-corrected chi connectivity index (χ0v) is 18.7. The fourth-order valence-corrected chi connectivity index (χ4v) is 4.08. The van der Waals surface area contributed by atoms with Gasteiger partial charge < -0.3 is 5.11 Å². The largest absolute Gasteiger partial charge is 0.507 e. The maximum Gasteiger partial charge on any atom is 0.296 e. The monoisotopic (exact) mass is 450 g/mol. The van der Waals surface area contributed by atoms with Crippen LogP contribution < -0.4 is 11.1 Å². The van der Waals surface area contributed by atoms with Crippen molar-refractivity contribution in [1.82, 2.24) is 18.9 Å². The Morgan fingerprint density at radius 1 is 0.824 bits per heavy atom. The van der Waals surface area contributed by atoms with Crippen molar-refractivity contribution in [3.8, 4) is 17.1 Å². The van der Waals surface area contributed by atoms with Gasteiger partial charge in [-0.2, -0.15) is 0 Å². The quantitative estimate of drug-likeness (QED) is 0.448. The molecule has 34 heavy (non-hydrogen) atoms. The van der Waals surface area contributed by atoms with Crippen LogP contribution >= 0.6 is 0 Å². The molecule has 2 heterocycles. The van der Waals surface area contributed by atoms with Gasteiger partial charge in [0, 0.05) is 12.6 Å². The Kier molecular flexibility index (Phi) is 5.22. The summed E-state index contributed by atoms with van der Waals surface area (Å²) < 4.78 is 4.61. The molecule has 7 heteroatoms. The molecule has 7 nitrogen and oxygen atoms in total. The minimum Gasteiger partial charge on any atom is -0.507 e. The topological polar surface area (TPSA) is 82.1 Å². The third-order valence-electron chi connectivity index (χ3n) is 5.90. The molecule has 0 amide bonds. The van der Waals surface area contributed by atoms with Gasteiger partial charge in [-0.1, -0.05) is 48.5 Å². The Morgan fingerprint density at radius 2 is 1.50 bits per heavy atom. The molecule has 0 aliphatic rings. The lowest BCUT2D eigenvalue weighted by Crippen LogP contribution is -2.28. The highest BCUT2D eigenvalue weighted by Gasteiger charge is 2.22. The molecular formula is C27H22N4O3. The smallest absolute Gasteiger partial charge is 0.296 e. The van der Waals surface area contributed by atoms with Crippen LogP contribution in [0.2, 0.25) is 0 Å². The molecule has 0 atom stereocenters. The number of rotatable bonds is 4. The predicted molar refractivity (Wildman–Crippen MR) is 134 cm³/mol. The highest BCUT2D eigenvalue weighted by molar-refractivity contribution is 5.80. The standard InChI is InChI=1S/C27H22N4O3/c1-18-25(27(34)31(29(18)2)20-11-4-3-5-12-20)30-24(17-16-19-10-6-9-15-23(19)32)28-22-14-8-7-13-21(22)26(30)33/h3-17,32H,1-2H3/b17-16+. The van der Waals surface area contributed by atoms with Crippen LogP contribution in [0.4, 0.5) is 0 Å². The van der Waals surface area contributed by atoms with Crippen LogP contribution in [0.15, 0.2) is 88.5 Å². The molecule has 0 fully saturated rings. The molecule has 5 aromatic rings. The Hall–Kier alpha value is -4.65. The van der Waals surface area contributed by atoms with Crippen molar-refractivity contribution in [2.75, 3.05) is 0 Å². The van der Waals surface area contributed by atoms with E-state index < -0.39 is 0 Å². The van der Waals surface area contributed by atoms with E-state index in [0.717, 1.165) is 0 Å². The van der Waals surface area contributed by atoms with Crippen molar-refractivity contribution in [2.24, 2.45) is 7.05 Å². The van der Waals surface area contributed by atoms with Crippen molar-refractivity contribution < 1.29 is 5.11 Å². The third-order valence-corrected chi connectivity index (χ3v) is 5.90. The molecule has 0 spiro atoms. The molecule has 0 aliphatic carbocycles. The predicted octanol–water partition coefficient (Wildman–Crippen LogP) is 4.06. The Balaban J connectivity index is 1.82. The number of para-hydroxylation sites is 3. The molecule has 0 bridgehead atoms. The van der Waals surface area contributed by atoms with Gasteiger partial charge in [0.15, 0.2) is 0 Å². The van der Waals surface area contributed by atoms with Gasteiger partial charge in [0.25, 0.3) is 11.1 Å². The number of phenolic OH excluding ortho intramolecular Hbond substituents is 1. The number of phenols is 1. The van der Waals surface area contributed by atoms with E-state index >= 15 is 0 Å². The van der Waals surface area contributed by atoms with E-state index in [-0.39, 0.29) is 28.4 Å². The molecule has 1 N–H and O–H groups in total. The molecular weight excluding hydrogens is 428 g/mol. The van der Waals surface area contributed by atoms with E-state index in [4.69, 9.17) is 0 Å². The molecule has 0 saturated carbocycles. The summed E-state index contributed by atoms with van der Waals surface area (Å²) in [7, 11) is 1.78. The van der Waals surface area contributed by atoms with Gasteiger partial charge in [-0.05, 0) is 49.4 Å². The maximum absolute atomic E-state index is 13.7. The van der Waals surface area contributed by atoms with Gasteiger partial charge >= 0.3 is 0 Å². The lowest BCUT2D eigenvalue weighted by atomic mass is 10.2. The van der Waals surface area contributed by atoms with Gasteiger partial charge in [-0.15, -0.1) is 0 Å². The molecule has 5 rings (SSSR count). The first-order chi connectivity index (χ1) is 16.5. The van der Waals surface area contributed by atoms with E-state index in [2.05, 4.69) is 4.98 Å². The normalized spacial score (nSPS) is 11.5. The van der Waals surface area contributed by atoms with E-state index in [1.165, 1.54) is 9.25 Å². The van der Waals surface area contributed by atoms with Crippen LogP contribution in [-0.2, 0) is 7.05 Å². The lowest BCUT2D eigenvalue weighted by Gasteiger charge is -2.10. The summed E-state index contributed by atoms with van der Waals surface area (Å²) in [5, 5.41) is 10.6. The second-order valence-electron chi connectivity index (χ2n) is 7.93. The molecule has 2 aromatic heterocycles.